The molecule has 4 aliphatic rings. The van der Waals surface area contributed by atoms with Gasteiger partial charge in [-0.2, -0.15) is 13.2 Å². The molecule has 1 atom stereocenters. The molecule has 0 radical (unpaired) electrons. The first-order valence-electron chi connectivity index (χ1n) is 7.83. The molecule has 4 rings (SSSR count). The molecule has 0 spiro atoms. The van der Waals surface area contributed by atoms with Gasteiger partial charge in [-0.25, -0.2) is 0 Å². The number of halogens is 3. The molecule has 0 aliphatic heterocycles. The first-order chi connectivity index (χ1) is 10.3. The van der Waals surface area contributed by atoms with Crippen LogP contribution in [0.3, 0.4) is 0 Å². The van der Waals surface area contributed by atoms with Crippen LogP contribution in [-0.4, -0.2) is 24.5 Å². The predicted octanol–water partition coefficient (Wildman–Crippen LogP) is 1.87. The summed E-state index contributed by atoms with van der Waals surface area (Å²) in [6, 6.07) is 0. The van der Waals surface area contributed by atoms with E-state index in [-0.39, 0.29) is 24.4 Å². The summed E-state index contributed by atoms with van der Waals surface area (Å²) in [5.41, 5.74) is -4.85. The summed E-state index contributed by atoms with van der Waals surface area (Å²) in [5, 5.41) is 13.9. The second-order valence-corrected chi connectivity index (χ2v) is 8.25. The van der Waals surface area contributed by atoms with Crippen LogP contribution in [0.25, 0.3) is 0 Å². The van der Waals surface area contributed by atoms with Gasteiger partial charge in [0.1, 0.15) is 6.54 Å². The number of rotatable bonds is 5. The minimum atomic E-state index is -4.54. The number of alkyl halides is 3. The quantitative estimate of drug-likeness (QED) is 0.594. The van der Waals surface area contributed by atoms with E-state index >= 15 is 0 Å². The second-order valence-electron chi connectivity index (χ2n) is 7.12. The molecule has 8 heteroatoms. The van der Waals surface area contributed by atoms with E-state index < -0.39 is 21.9 Å². The Labute approximate surface area is 131 Å². The molecule has 4 aliphatic carbocycles. The zero-order chi connectivity index (χ0) is 16.0. The van der Waals surface area contributed by atoms with Crippen molar-refractivity contribution in [2.45, 2.75) is 44.0 Å². The average molecular weight is 338 g/mol. The lowest BCUT2D eigenvalue weighted by atomic mass is 9.49. The maximum atomic E-state index is 12.5. The van der Waals surface area contributed by atoms with E-state index in [0.717, 1.165) is 19.3 Å². The Morgan fingerprint density at radius 2 is 1.68 bits per heavy atom. The summed E-state index contributed by atoms with van der Waals surface area (Å²) in [7, 11) is 0. The largest absolute Gasteiger partial charge is 0.621 e. The van der Waals surface area contributed by atoms with Crippen LogP contribution in [0.15, 0.2) is 0 Å². The molecule has 0 aromatic carbocycles. The van der Waals surface area contributed by atoms with Gasteiger partial charge in [0.2, 0.25) is 5.91 Å². The summed E-state index contributed by atoms with van der Waals surface area (Å²) < 4.78 is 35.2. The van der Waals surface area contributed by atoms with Crippen LogP contribution in [0, 0.1) is 28.4 Å². The van der Waals surface area contributed by atoms with Crippen LogP contribution in [0.2, 0.25) is 0 Å². The molecular formula is C14H21F3N2O2S. The zero-order valence-corrected chi connectivity index (χ0v) is 13.1. The molecule has 0 heterocycles. The van der Waals surface area contributed by atoms with Gasteiger partial charge in [-0.1, -0.05) is 0 Å². The van der Waals surface area contributed by atoms with Crippen molar-refractivity contribution in [2.24, 2.45) is 23.2 Å². The summed E-state index contributed by atoms with van der Waals surface area (Å²) >= 11 is -0.622. The summed E-state index contributed by atoms with van der Waals surface area (Å²) in [6.45, 7) is -0.273. The first-order valence-corrected chi connectivity index (χ1v) is 8.64. The number of hydrogen-bond donors (Lipinski definition) is 2. The van der Waals surface area contributed by atoms with E-state index in [0.29, 0.717) is 17.8 Å². The number of hydrogen-bond acceptors (Lipinski definition) is 3. The van der Waals surface area contributed by atoms with E-state index in [1.165, 1.54) is 19.3 Å². The SMILES string of the molecule is O=C(NCC[NH+]([O-])SC(F)(F)F)C12CC3CC(CC(C3)C1)C2. The first kappa shape index (κ1) is 16.4. The topological polar surface area (TPSA) is 56.6 Å². The standard InChI is InChI=1S/C14H21F3N2O2S/c15-14(16,17)22-19(21)2-1-18-12(20)13-6-9-3-10(7-13)5-11(4-9)8-13/h9-11,19H,1-8H2,(H,18,20). The van der Waals surface area contributed by atoms with Crippen molar-refractivity contribution in [3.63, 3.8) is 0 Å². The Balaban J connectivity index is 1.48. The number of hydroxylamine groups is 1. The molecule has 1 amide bonds. The Morgan fingerprint density at radius 1 is 1.18 bits per heavy atom. The van der Waals surface area contributed by atoms with Crippen molar-refractivity contribution >= 4 is 17.9 Å². The smallest absolute Gasteiger partial charge is 0.496 e. The lowest BCUT2D eigenvalue weighted by Crippen LogP contribution is -3.02. The molecule has 126 valence electrons. The van der Waals surface area contributed by atoms with Gasteiger partial charge in [0.15, 0.2) is 11.9 Å². The molecule has 0 aromatic rings. The molecule has 0 saturated heterocycles. The summed E-state index contributed by atoms with van der Waals surface area (Å²) in [5.74, 6) is 1.87. The molecule has 4 saturated carbocycles. The molecule has 1 unspecified atom stereocenters. The molecule has 4 nitrogen and oxygen atoms in total. The van der Waals surface area contributed by atoms with Crippen molar-refractivity contribution in [3.05, 3.63) is 5.21 Å². The molecule has 0 aromatic heterocycles. The Bertz CT molecular complexity index is 409. The van der Waals surface area contributed by atoms with Crippen molar-refractivity contribution in [3.8, 4) is 0 Å². The average Bonchev–Trinajstić information content (AvgIpc) is 2.34. The monoisotopic (exact) mass is 338 g/mol. The zero-order valence-electron chi connectivity index (χ0n) is 12.2. The summed E-state index contributed by atoms with van der Waals surface area (Å²) in [6.07, 6.45) is 6.43. The minimum Gasteiger partial charge on any atom is -0.621 e. The maximum absolute atomic E-state index is 12.5. The fourth-order valence-corrected chi connectivity index (χ4v) is 5.50. The van der Waals surface area contributed by atoms with Crippen LogP contribution in [0.5, 0.6) is 0 Å². The second kappa shape index (κ2) is 5.87. The number of quaternary nitrogens is 1. The molecule has 4 fully saturated rings. The normalized spacial score (nSPS) is 38.1. The molecule has 22 heavy (non-hydrogen) atoms. The van der Waals surface area contributed by atoms with Gasteiger partial charge < -0.3 is 15.0 Å². The van der Waals surface area contributed by atoms with E-state index in [1.807, 2.05) is 0 Å². The van der Waals surface area contributed by atoms with Gasteiger partial charge >= 0.3 is 5.51 Å². The predicted molar refractivity (Wildman–Crippen MR) is 76.5 cm³/mol. The van der Waals surface area contributed by atoms with Gasteiger partial charge in [0.05, 0.1) is 6.54 Å². The fourth-order valence-electron chi connectivity index (χ4n) is 5.03. The number of amides is 1. The minimum absolute atomic E-state index is 0.00248. The van der Waals surface area contributed by atoms with Crippen molar-refractivity contribution in [1.29, 1.82) is 0 Å². The van der Waals surface area contributed by atoms with Crippen LogP contribution >= 0.6 is 11.9 Å². The molecule has 4 bridgehead atoms. The van der Waals surface area contributed by atoms with Crippen LogP contribution < -0.4 is 9.79 Å². The third-order valence-electron chi connectivity index (χ3n) is 5.36. The molecular weight excluding hydrogens is 317 g/mol. The third-order valence-corrected chi connectivity index (χ3v) is 6.03. The van der Waals surface area contributed by atoms with Gasteiger partial charge in [0.25, 0.3) is 0 Å². The van der Waals surface area contributed by atoms with E-state index in [2.05, 4.69) is 5.32 Å². The van der Waals surface area contributed by atoms with E-state index in [9.17, 15) is 23.2 Å². The fraction of sp³-hybridized carbons (Fsp3) is 0.929. The highest BCUT2D eigenvalue weighted by atomic mass is 32.2. The number of nitrogens with one attached hydrogen (secondary N) is 2. The Kier molecular flexibility index (Phi) is 4.37. The Hall–Kier alpha value is -0.470. The Morgan fingerprint density at radius 3 is 2.14 bits per heavy atom. The summed E-state index contributed by atoms with van der Waals surface area (Å²) in [4.78, 5) is 12.5. The van der Waals surface area contributed by atoms with Gasteiger partial charge in [-0.15, -0.1) is 0 Å². The lowest BCUT2D eigenvalue weighted by Gasteiger charge is -2.55. The van der Waals surface area contributed by atoms with Gasteiger partial charge in [0, 0.05) is 5.41 Å². The van der Waals surface area contributed by atoms with Gasteiger partial charge in [-0.3, -0.25) is 4.79 Å². The van der Waals surface area contributed by atoms with E-state index in [4.69, 9.17) is 0 Å². The van der Waals surface area contributed by atoms with Crippen LogP contribution in [0.4, 0.5) is 13.2 Å². The number of carbonyl (C=O) groups excluding carboxylic acids is 1. The highest BCUT2D eigenvalue weighted by Gasteiger charge is 2.54. The highest BCUT2D eigenvalue weighted by Crippen LogP contribution is 2.60. The van der Waals surface area contributed by atoms with Gasteiger partial charge in [-0.05, 0) is 56.3 Å². The molecule has 2 N–H and O–H groups in total. The number of carbonyl (C=O) groups is 1. The van der Waals surface area contributed by atoms with Crippen molar-refractivity contribution < 1.29 is 22.4 Å². The third kappa shape index (κ3) is 3.54. The highest BCUT2D eigenvalue weighted by molar-refractivity contribution is 7.93. The maximum Gasteiger partial charge on any atom is 0.496 e. The van der Waals surface area contributed by atoms with E-state index in [1.54, 1.807) is 0 Å². The van der Waals surface area contributed by atoms with Crippen LogP contribution in [-0.2, 0) is 4.79 Å². The lowest BCUT2D eigenvalue weighted by molar-refractivity contribution is -0.696. The van der Waals surface area contributed by atoms with Crippen molar-refractivity contribution in [1.82, 2.24) is 5.32 Å². The van der Waals surface area contributed by atoms with Crippen LogP contribution in [0.1, 0.15) is 38.5 Å². The van der Waals surface area contributed by atoms with Crippen molar-refractivity contribution in [2.75, 3.05) is 13.1 Å².